The van der Waals surface area contributed by atoms with Crippen LogP contribution in [0.5, 0.6) is 5.75 Å². The summed E-state index contributed by atoms with van der Waals surface area (Å²) >= 11 is 6.04. The minimum atomic E-state index is -4.08. The first-order chi connectivity index (χ1) is 17.8. The molecule has 0 saturated carbocycles. The van der Waals surface area contributed by atoms with E-state index in [1.54, 1.807) is 36.4 Å². The van der Waals surface area contributed by atoms with E-state index in [1.165, 1.54) is 19.2 Å². The third kappa shape index (κ3) is 6.31. The van der Waals surface area contributed by atoms with E-state index in [9.17, 15) is 13.2 Å². The van der Waals surface area contributed by atoms with Gasteiger partial charge in [-0.3, -0.25) is 9.10 Å². The lowest BCUT2D eigenvalue weighted by atomic mass is 9.98. The lowest BCUT2D eigenvalue weighted by molar-refractivity contribution is -0.120. The highest BCUT2D eigenvalue weighted by Crippen LogP contribution is 2.27. The van der Waals surface area contributed by atoms with E-state index in [2.05, 4.69) is 5.32 Å². The van der Waals surface area contributed by atoms with E-state index in [-0.39, 0.29) is 4.90 Å². The van der Waals surface area contributed by atoms with Crippen LogP contribution in [0.15, 0.2) is 108 Å². The van der Waals surface area contributed by atoms with Crippen molar-refractivity contribution >= 4 is 33.2 Å². The standard InChI is InChI=1S/C29H27ClN2O4S/c1-21-8-10-23(11-9-21)29(22-6-4-3-5-7-22)31-28(33)20-32(25-14-12-24(30)13-15-25)37(34,35)27-18-16-26(36-2)17-19-27/h3-19,29H,20H2,1-2H3,(H,31,33)/t29-/m0/s1. The summed E-state index contributed by atoms with van der Waals surface area (Å²) in [5, 5.41) is 3.49. The summed E-state index contributed by atoms with van der Waals surface area (Å²) in [5.74, 6) is 0.0694. The largest absolute Gasteiger partial charge is 0.497 e. The molecule has 0 radical (unpaired) electrons. The summed E-state index contributed by atoms with van der Waals surface area (Å²) in [6.45, 7) is 1.57. The quantitative estimate of drug-likeness (QED) is 0.296. The van der Waals surface area contributed by atoms with E-state index >= 15 is 0 Å². The van der Waals surface area contributed by atoms with Gasteiger partial charge >= 0.3 is 0 Å². The summed E-state index contributed by atoms with van der Waals surface area (Å²) in [7, 11) is -2.58. The Hall–Kier alpha value is -3.81. The molecule has 0 aliphatic carbocycles. The Morgan fingerprint density at radius 2 is 1.46 bits per heavy atom. The minimum absolute atomic E-state index is 0.0363. The number of nitrogens with zero attached hydrogens (tertiary/aromatic N) is 1. The Balaban J connectivity index is 1.67. The van der Waals surface area contributed by atoms with Crippen molar-refractivity contribution in [3.8, 4) is 5.75 Å². The number of anilines is 1. The highest BCUT2D eigenvalue weighted by atomic mass is 35.5. The lowest BCUT2D eigenvalue weighted by Gasteiger charge is -2.26. The van der Waals surface area contributed by atoms with Crippen LogP contribution in [0.1, 0.15) is 22.7 Å². The number of hydrogen-bond donors (Lipinski definition) is 1. The van der Waals surface area contributed by atoms with Gasteiger partial charge in [0.2, 0.25) is 5.91 Å². The molecule has 1 N–H and O–H groups in total. The summed E-state index contributed by atoms with van der Waals surface area (Å²) in [6.07, 6.45) is 0. The van der Waals surface area contributed by atoms with Crippen LogP contribution in [0.4, 0.5) is 5.69 Å². The van der Waals surface area contributed by atoms with Gasteiger partial charge in [0.25, 0.3) is 10.0 Å². The van der Waals surface area contributed by atoms with Crippen LogP contribution in [-0.2, 0) is 14.8 Å². The summed E-state index contributed by atoms with van der Waals surface area (Å²) in [6, 6.07) is 29.3. The highest BCUT2D eigenvalue weighted by Gasteiger charge is 2.28. The molecular weight excluding hydrogens is 508 g/mol. The van der Waals surface area contributed by atoms with Gasteiger partial charge in [0.15, 0.2) is 0 Å². The summed E-state index contributed by atoms with van der Waals surface area (Å²) < 4.78 is 33.6. The van der Waals surface area contributed by atoms with Crippen molar-refractivity contribution in [3.63, 3.8) is 0 Å². The number of ether oxygens (including phenoxy) is 1. The number of carbonyl (C=O) groups excluding carboxylic acids is 1. The van der Waals surface area contributed by atoms with E-state index in [0.717, 1.165) is 21.0 Å². The fourth-order valence-electron chi connectivity index (χ4n) is 3.90. The number of amides is 1. The number of nitrogens with one attached hydrogen (secondary N) is 1. The average molecular weight is 535 g/mol. The molecule has 0 saturated heterocycles. The van der Waals surface area contributed by atoms with Crippen molar-refractivity contribution < 1.29 is 17.9 Å². The van der Waals surface area contributed by atoms with Gasteiger partial charge in [0.1, 0.15) is 12.3 Å². The molecule has 1 amide bonds. The maximum atomic E-state index is 13.7. The molecule has 0 unspecified atom stereocenters. The first kappa shape index (κ1) is 26.3. The topological polar surface area (TPSA) is 75.7 Å². The van der Waals surface area contributed by atoms with Gasteiger partial charge in [-0.1, -0.05) is 71.8 Å². The fraction of sp³-hybridized carbons (Fsp3) is 0.138. The summed E-state index contributed by atoms with van der Waals surface area (Å²) in [5.41, 5.74) is 3.19. The van der Waals surface area contributed by atoms with Gasteiger partial charge in [-0.15, -0.1) is 0 Å². The van der Waals surface area contributed by atoms with Gasteiger partial charge in [-0.25, -0.2) is 8.42 Å². The molecule has 0 aliphatic heterocycles. The zero-order valence-electron chi connectivity index (χ0n) is 20.5. The molecule has 4 rings (SSSR count). The molecule has 0 spiro atoms. The van der Waals surface area contributed by atoms with E-state index < -0.39 is 28.5 Å². The Morgan fingerprint density at radius 3 is 2.05 bits per heavy atom. The molecule has 6 nitrogen and oxygen atoms in total. The monoisotopic (exact) mass is 534 g/mol. The van der Waals surface area contributed by atoms with Crippen LogP contribution in [0, 0.1) is 6.92 Å². The van der Waals surface area contributed by atoms with Crippen molar-refractivity contribution in [3.05, 3.63) is 125 Å². The second-order valence-electron chi connectivity index (χ2n) is 8.49. The normalized spacial score (nSPS) is 12.0. The molecule has 37 heavy (non-hydrogen) atoms. The van der Waals surface area contributed by atoms with Crippen LogP contribution in [-0.4, -0.2) is 28.0 Å². The molecule has 0 aliphatic rings. The number of rotatable bonds is 9. The maximum absolute atomic E-state index is 13.7. The molecule has 1 atom stereocenters. The third-order valence-electron chi connectivity index (χ3n) is 5.90. The van der Waals surface area contributed by atoms with Gasteiger partial charge < -0.3 is 10.1 Å². The van der Waals surface area contributed by atoms with Crippen molar-refractivity contribution in [1.82, 2.24) is 5.32 Å². The molecule has 0 fully saturated rings. The van der Waals surface area contributed by atoms with Crippen molar-refractivity contribution in [2.75, 3.05) is 18.0 Å². The number of sulfonamides is 1. The molecule has 190 valence electrons. The number of halogens is 1. The number of benzene rings is 4. The van der Waals surface area contributed by atoms with Crippen LogP contribution >= 0.6 is 11.6 Å². The van der Waals surface area contributed by atoms with Gasteiger partial charge in [-0.2, -0.15) is 0 Å². The zero-order valence-corrected chi connectivity index (χ0v) is 22.0. The average Bonchev–Trinajstić information content (AvgIpc) is 2.92. The van der Waals surface area contributed by atoms with Crippen molar-refractivity contribution in [2.24, 2.45) is 0 Å². The van der Waals surface area contributed by atoms with Crippen LogP contribution in [0.25, 0.3) is 0 Å². The van der Waals surface area contributed by atoms with E-state index in [0.29, 0.717) is 16.5 Å². The van der Waals surface area contributed by atoms with Gasteiger partial charge in [0.05, 0.1) is 23.7 Å². The van der Waals surface area contributed by atoms with Crippen LogP contribution in [0.3, 0.4) is 0 Å². The van der Waals surface area contributed by atoms with Gasteiger partial charge in [0, 0.05) is 5.02 Å². The molecular formula is C29H27ClN2O4S. The Morgan fingerprint density at radius 1 is 0.865 bits per heavy atom. The van der Waals surface area contributed by atoms with Gasteiger partial charge in [-0.05, 0) is 66.6 Å². The molecule has 4 aromatic carbocycles. The predicted octanol–water partition coefficient (Wildman–Crippen LogP) is 5.76. The first-order valence-corrected chi connectivity index (χ1v) is 13.4. The Labute approximate surface area is 222 Å². The first-order valence-electron chi connectivity index (χ1n) is 11.6. The molecule has 0 heterocycles. The number of aryl methyl sites for hydroxylation is 1. The Kier molecular flexibility index (Phi) is 8.16. The SMILES string of the molecule is COc1ccc(S(=O)(=O)N(CC(=O)N[C@@H](c2ccccc2)c2ccc(C)cc2)c2ccc(Cl)cc2)cc1. The lowest BCUT2D eigenvalue weighted by Crippen LogP contribution is -2.42. The Bertz CT molecular complexity index is 1440. The van der Waals surface area contributed by atoms with Crippen molar-refractivity contribution in [1.29, 1.82) is 0 Å². The second-order valence-corrected chi connectivity index (χ2v) is 10.8. The molecule has 4 aromatic rings. The number of hydrogen-bond acceptors (Lipinski definition) is 4. The summed E-state index contributed by atoms with van der Waals surface area (Å²) in [4.78, 5) is 13.5. The fourth-order valence-corrected chi connectivity index (χ4v) is 5.44. The smallest absolute Gasteiger partial charge is 0.264 e. The van der Waals surface area contributed by atoms with Crippen molar-refractivity contribution in [2.45, 2.75) is 17.9 Å². The van der Waals surface area contributed by atoms with Crippen LogP contribution in [0.2, 0.25) is 5.02 Å². The molecule has 0 aromatic heterocycles. The highest BCUT2D eigenvalue weighted by molar-refractivity contribution is 7.92. The zero-order chi connectivity index (χ0) is 26.4. The second kappa shape index (κ2) is 11.5. The maximum Gasteiger partial charge on any atom is 0.264 e. The molecule has 8 heteroatoms. The number of methoxy groups -OCH3 is 1. The number of carbonyl (C=O) groups is 1. The van der Waals surface area contributed by atoms with E-state index in [1.807, 2.05) is 61.5 Å². The minimum Gasteiger partial charge on any atom is -0.497 e. The van der Waals surface area contributed by atoms with Crippen LogP contribution < -0.4 is 14.4 Å². The van der Waals surface area contributed by atoms with E-state index in [4.69, 9.17) is 16.3 Å². The molecule has 0 bridgehead atoms. The third-order valence-corrected chi connectivity index (χ3v) is 7.94. The predicted molar refractivity (Wildman–Crippen MR) is 147 cm³/mol.